The van der Waals surface area contributed by atoms with Crippen LogP contribution < -0.4 is 16.4 Å². The molecular formula is C20H23ClN4O3. The number of amides is 3. The molecule has 1 saturated heterocycles. The van der Waals surface area contributed by atoms with Crippen LogP contribution in [0.25, 0.3) is 0 Å². The molecule has 4 N–H and O–H groups in total. The van der Waals surface area contributed by atoms with Gasteiger partial charge in [0.2, 0.25) is 5.91 Å². The van der Waals surface area contributed by atoms with E-state index in [2.05, 4.69) is 10.6 Å². The molecule has 2 aromatic carbocycles. The highest BCUT2D eigenvalue weighted by Gasteiger charge is 2.31. The number of hydrogen-bond donors (Lipinski definition) is 3. The molecule has 0 saturated carbocycles. The van der Waals surface area contributed by atoms with Crippen molar-refractivity contribution in [3.05, 3.63) is 65.2 Å². The first kappa shape index (κ1) is 20.1. The Hall–Kier alpha value is -2.61. The molecule has 1 aliphatic heterocycles. The molecular weight excluding hydrogens is 380 g/mol. The monoisotopic (exact) mass is 402 g/mol. The van der Waals surface area contributed by atoms with Gasteiger partial charge in [-0.1, -0.05) is 41.9 Å². The lowest BCUT2D eigenvalue weighted by Gasteiger charge is -2.37. The van der Waals surface area contributed by atoms with Crippen molar-refractivity contribution in [1.29, 1.82) is 0 Å². The smallest absolute Gasteiger partial charge is 0.319 e. The Morgan fingerprint density at radius 1 is 1.18 bits per heavy atom. The van der Waals surface area contributed by atoms with Gasteiger partial charge in [0.1, 0.15) is 6.04 Å². The standard InChI is InChI=1S/C20H23ClN4O3/c21-15-6-8-16(9-7-15)24-20(27)23-12-17-13-25(10-11-28-17)18(19(22)26)14-4-2-1-3-5-14/h1-9,17-18H,10-13H2,(H2,22,26)(H2,23,24,27). The molecule has 0 aliphatic carbocycles. The van der Waals surface area contributed by atoms with E-state index in [9.17, 15) is 9.59 Å². The number of benzene rings is 2. The number of morpholine rings is 1. The van der Waals surface area contributed by atoms with Crippen molar-refractivity contribution in [3.8, 4) is 0 Å². The van der Waals surface area contributed by atoms with Gasteiger partial charge in [-0.25, -0.2) is 4.79 Å². The van der Waals surface area contributed by atoms with Gasteiger partial charge in [-0.2, -0.15) is 0 Å². The zero-order chi connectivity index (χ0) is 19.9. The van der Waals surface area contributed by atoms with Crippen LogP contribution in [0.3, 0.4) is 0 Å². The maximum Gasteiger partial charge on any atom is 0.319 e. The average Bonchev–Trinajstić information content (AvgIpc) is 2.69. The highest BCUT2D eigenvalue weighted by atomic mass is 35.5. The maximum atomic E-state index is 12.1. The van der Waals surface area contributed by atoms with Crippen LogP contribution in [0.5, 0.6) is 0 Å². The van der Waals surface area contributed by atoms with Crippen molar-refractivity contribution >= 4 is 29.2 Å². The van der Waals surface area contributed by atoms with Gasteiger partial charge >= 0.3 is 6.03 Å². The minimum atomic E-state index is -0.518. The number of carbonyl (C=O) groups is 2. The van der Waals surface area contributed by atoms with Crippen molar-refractivity contribution in [3.63, 3.8) is 0 Å². The van der Waals surface area contributed by atoms with Crippen molar-refractivity contribution in [2.45, 2.75) is 12.1 Å². The zero-order valence-electron chi connectivity index (χ0n) is 15.3. The van der Waals surface area contributed by atoms with Gasteiger partial charge in [0.25, 0.3) is 0 Å². The molecule has 0 radical (unpaired) electrons. The number of nitrogens with one attached hydrogen (secondary N) is 2. The van der Waals surface area contributed by atoms with Crippen LogP contribution >= 0.6 is 11.6 Å². The largest absolute Gasteiger partial charge is 0.374 e. The number of halogens is 1. The molecule has 0 spiro atoms. The second-order valence-corrected chi connectivity index (χ2v) is 6.98. The van der Waals surface area contributed by atoms with Gasteiger partial charge in [-0.3, -0.25) is 9.69 Å². The summed E-state index contributed by atoms with van der Waals surface area (Å²) in [5, 5.41) is 6.13. The molecule has 2 unspecified atom stereocenters. The fourth-order valence-corrected chi connectivity index (χ4v) is 3.33. The first-order chi connectivity index (χ1) is 13.5. The molecule has 2 aromatic rings. The van der Waals surface area contributed by atoms with Gasteiger partial charge in [-0.05, 0) is 29.8 Å². The molecule has 0 aromatic heterocycles. The van der Waals surface area contributed by atoms with Gasteiger partial charge in [0.05, 0.1) is 12.7 Å². The van der Waals surface area contributed by atoms with Crippen molar-refractivity contribution < 1.29 is 14.3 Å². The number of carbonyl (C=O) groups excluding carboxylic acids is 2. The molecule has 1 heterocycles. The molecule has 1 fully saturated rings. The zero-order valence-corrected chi connectivity index (χ0v) is 16.1. The molecule has 148 valence electrons. The minimum Gasteiger partial charge on any atom is -0.374 e. The normalized spacial score (nSPS) is 18.2. The molecule has 2 atom stereocenters. The van der Waals surface area contributed by atoms with Crippen LogP contribution in [0.4, 0.5) is 10.5 Å². The first-order valence-corrected chi connectivity index (χ1v) is 9.41. The molecule has 0 bridgehead atoms. The number of primary amides is 1. The number of urea groups is 1. The highest BCUT2D eigenvalue weighted by molar-refractivity contribution is 6.30. The molecule has 3 amide bonds. The Morgan fingerprint density at radius 3 is 2.57 bits per heavy atom. The Morgan fingerprint density at radius 2 is 1.89 bits per heavy atom. The second kappa shape index (κ2) is 9.54. The maximum absolute atomic E-state index is 12.1. The molecule has 8 heteroatoms. The lowest BCUT2D eigenvalue weighted by Crippen LogP contribution is -2.51. The van der Waals surface area contributed by atoms with Crippen molar-refractivity contribution in [1.82, 2.24) is 10.2 Å². The van der Waals surface area contributed by atoms with Crippen LogP contribution in [-0.2, 0) is 9.53 Å². The minimum absolute atomic E-state index is 0.240. The summed E-state index contributed by atoms with van der Waals surface area (Å²) < 4.78 is 5.74. The molecule has 1 aliphatic rings. The van der Waals surface area contributed by atoms with Gasteiger partial charge in [0, 0.05) is 30.3 Å². The number of hydrogen-bond acceptors (Lipinski definition) is 4. The summed E-state index contributed by atoms with van der Waals surface area (Å²) in [6, 6.07) is 15.4. The third-order valence-corrected chi connectivity index (χ3v) is 4.76. The van der Waals surface area contributed by atoms with E-state index in [0.717, 1.165) is 5.56 Å². The van der Waals surface area contributed by atoms with Crippen LogP contribution in [-0.4, -0.2) is 49.2 Å². The van der Waals surface area contributed by atoms with Gasteiger partial charge in [0.15, 0.2) is 0 Å². The first-order valence-electron chi connectivity index (χ1n) is 9.03. The predicted octanol–water partition coefficient (Wildman–Crippen LogP) is 2.39. The lowest BCUT2D eigenvalue weighted by molar-refractivity contribution is -0.127. The fraction of sp³-hybridized carbons (Fsp3) is 0.300. The van der Waals surface area contributed by atoms with Crippen molar-refractivity contribution in [2.75, 3.05) is 31.6 Å². The summed E-state index contributed by atoms with van der Waals surface area (Å²) in [7, 11) is 0. The number of nitrogens with two attached hydrogens (primary N) is 1. The lowest BCUT2D eigenvalue weighted by atomic mass is 10.0. The third kappa shape index (κ3) is 5.45. The second-order valence-electron chi connectivity index (χ2n) is 6.55. The molecule has 28 heavy (non-hydrogen) atoms. The van der Waals surface area contributed by atoms with E-state index in [1.807, 2.05) is 35.2 Å². The van der Waals surface area contributed by atoms with Crippen LogP contribution in [0, 0.1) is 0 Å². The fourth-order valence-electron chi connectivity index (χ4n) is 3.21. The summed E-state index contributed by atoms with van der Waals surface area (Å²) in [6.45, 7) is 1.86. The van der Waals surface area contributed by atoms with E-state index in [1.54, 1.807) is 24.3 Å². The molecule has 3 rings (SSSR count). The van der Waals surface area contributed by atoms with E-state index < -0.39 is 11.9 Å². The number of ether oxygens (including phenoxy) is 1. The molecule has 7 nitrogen and oxygen atoms in total. The van der Waals surface area contributed by atoms with E-state index in [4.69, 9.17) is 22.1 Å². The highest BCUT2D eigenvalue weighted by Crippen LogP contribution is 2.22. The Kier molecular flexibility index (Phi) is 6.86. The Labute approximate surface area is 168 Å². The van der Waals surface area contributed by atoms with E-state index in [-0.39, 0.29) is 12.1 Å². The number of anilines is 1. The predicted molar refractivity (Wildman–Crippen MR) is 108 cm³/mol. The third-order valence-electron chi connectivity index (χ3n) is 4.51. The number of rotatable bonds is 6. The van der Waals surface area contributed by atoms with Gasteiger partial charge < -0.3 is 21.1 Å². The van der Waals surface area contributed by atoms with Crippen LogP contribution in [0.2, 0.25) is 5.02 Å². The van der Waals surface area contributed by atoms with Crippen LogP contribution in [0.15, 0.2) is 54.6 Å². The summed E-state index contributed by atoms with van der Waals surface area (Å²) in [5.74, 6) is -0.403. The quantitative estimate of drug-likeness (QED) is 0.691. The summed E-state index contributed by atoms with van der Waals surface area (Å²) in [4.78, 5) is 26.1. The van der Waals surface area contributed by atoms with Gasteiger partial charge in [-0.15, -0.1) is 0 Å². The average molecular weight is 403 g/mol. The Bertz CT molecular complexity index is 801. The SMILES string of the molecule is NC(=O)C(c1ccccc1)N1CCOC(CNC(=O)Nc2ccc(Cl)cc2)C1. The van der Waals surface area contributed by atoms with E-state index in [0.29, 0.717) is 37.0 Å². The van der Waals surface area contributed by atoms with Crippen LogP contribution in [0.1, 0.15) is 11.6 Å². The van der Waals surface area contributed by atoms with Crippen molar-refractivity contribution in [2.24, 2.45) is 5.73 Å². The Balaban J connectivity index is 1.54. The summed E-state index contributed by atoms with van der Waals surface area (Å²) >= 11 is 5.83. The number of nitrogens with zero attached hydrogens (tertiary/aromatic N) is 1. The van der Waals surface area contributed by atoms with E-state index in [1.165, 1.54) is 0 Å². The summed E-state index contributed by atoms with van der Waals surface area (Å²) in [6.07, 6.45) is -0.240. The van der Waals surface area contributed by atoms with E-state index >= 15 is 0 Å². The topological polar surface area (TPSA) is 96.7 Å². The summed E-state index contributed by atoms with van der Waals surface area (Å²) in [5.41, 5.74) is 7.15.